The molecule has 3 N–H and O–H groups in total. The maximum Gasteiger partial charge on any atom is 0.132 e. The number of hydrogen-bond acceptors (Lipinski definition) is 5. The standard InChI is InChI=1S/C18H18N4S/c1-13-20-11-14(18(19)22-13)12-21-16-9-5-6-10-17(16)23-15-7-3-2-4-8-15/h2-11,21H,12H2,1H3,(H2,19,20,22). The summed E-state index contributed by atoms with van der Waals surface area (Å²) in [7, 11) is 0. The number of nitrogen functional groups attached to an aromatic ring is 1. The van der Waals surface area contributed by atoms with Crippen molar-refractivity contribution in [1.29, 1.82) is 0 Å². The average Bonchev–Trinajstić information content (AvgIpc) is 2.56. The second-order valence-corrected chi connectivity index (χ2v) is 6.21. The zero-order valence-corrected chi connectivity index (χ0v) is 13.7. The minimum Gasteiger partial charge on any atom is -0.383 e. The van der Waals surface area contributed by atoms with Crippen LogP contribution >= 0.6 is 11.8 Å². The number of nitrogens with zero attached hydrogens (tertiary/aromatic N) is 2. The quantitative estimate of drug-likeness (QED) is 0.739. The van der Waals surface area contributed by atoms with Crippen LogP contribution < -0.4 is 11.1 Å². The first-order chi connectivity index (χ1) is 11.2. The fourth-order valence-corrected chi connectivity index (χ4v) is 3.10. The molecule has 0 aliphatic heterocycles. The van der Waals surface area contributed by atoms with Crippen molar-refractivity contribution in [3.8, 4) is 0 Å². The van der Waals surface area contributed by atoms with Crippen molar-refractivity contribution in [1.82, 2.24) is 9.97 Å². The van der Waals surface area contributed by atoms with Crippen LogP contribution in [0.4, 0.5) is 11.5 Å². The van der Waals surface area contributed by atoms with Crippen molar-refractivity contribution < 1.29 is 0 Å². The zero-order valence-electron chi connectivity index (χ0n) is 12.9. The first-order valence-corrected chi connectivity index (χ1v) is 8.18. The molecule has 0 saturated carbocycles. The summed E-state index contributed by atoms with van der Waals surface area (Å²) in [4.78, 5) is 10.8. The molecule has 3 rings (SSSR count). The van der Waals surface area contributed by atoms with Crippen LogP contribution in [0.25, 0.3) is 0 Å². The fourth-order valence-electron chi connectivity index (χ4n) is 2.16. The SMILES string of the molecule is Cc1ncc(CNc2ccccc2Sc2ccccc2)c(N)n1. The molecule has 0 fully saturated rings. The molecule has 0 amide bonds. The van der Waals surface area contributed by atoms with Gasteiger partial charge in [-0.2, -0.15) is 0 Å². The first kappa shape index (κ1) is 15.4. The number of benzene rings is 2. The van der Waals surface area contributed by atoms with E-state index in [1.807, 2.05) is 37.3 Å². The van der Waals surface area contributed by atoms with Gasteiger partial charge in [-0.15, -0.1) is 0 Å². The molecular formula is C18H18N4S. The van der Waals surface area contributed by atoms with Gasteiger partial charge in [0.25, 0.3) is 0 Å². The van der Waals surface area contributed by atoms with Gasteiger partial charge in [0.05, 0.1) is 0 Å². The summed E-state index contributed by atoms with van der Waals surface area (Å²) in [6.45, 7) is 2.43. The molecule has 0 saturated heterocycles. The van der Waals surface area contributed by atoms with Gasteiger partial charge < -0.3 is 11.1 Å². The van der Waals surface area contributed by atoms with Crippen LogP contribution in [0.2, 0.25) is 0 Å². The number of aryl methyl sites for hydroxylation is 1. The Bertz CT molecular complexity index is 790. The number of nitrogens with one attached hydrogen (secondary N) is 1. The highest BCUT2D eigenvalue weighted by Crippen LogP contribution is 2.33. The van der Waals surface area contributed by atoms with Crippen LogP contribution in [0.5, 0.6) is 0 Å². The Morgan fingerprint density at radius 2 is 1.78 bits per heavy atom. The third-order valence-electron chi connectivity index (χ3n) is 3.35. The van der Waals surface area contributed by atoms with Crippen molar-refractivity contribution in [3.05, 3.63) is 72.2 Å². The Morgan fingerprint density at radius 1 is 1.04 bits per heavy atom. The van der Waals surface area contributed by atoms with Gasteiger partial charge in [-0.1, -0.05) is 42.1 Å². The fraction of sp³-hybridized carbons (Fsp3) is 0.111. The maximum absolute atomic E-state index is 5.95. The van der Waals surface area contributed by atoms with Gasteiger partial charge in [0.15, 0.2) is 0 Å². The van der Waals surface area contributed by atoms with Crippen LogP contribution in [0.3, 0.4) is 0 Å². The van der Waals surface area contributed by atoms with Crippen LogP contribution in [0.15, 0.2) is 70.6 Å². The first-order valence-electron chi connectivity index (χ1n) is 7.36. The molecule has 0 aliphatic carbocycles. The summed E-state index contributed by atoms with van der Waals surface area (Å²) in [5.41, 5.74) is 7.92. The second kappa shape index (κ2) is 7.15. The minimum atomic E-state index is 0.526. The predicted molar refractivity (Wildman–Crippen MR) is 95.5 cm³/mol. The topological polar surface area (TPSA) is 63.8 Å². The molecule has 23 heavy (non-hydrogen) atoms. The molecular weight excluding hydrogens is 304 g/mol. The smallest absolute Gasteiger partial charge is 0.132 e. The lowest BCUT2D eigenvalue weighted by Gasteiger charge is -2.12. The van der Waals surface area contributed by atoms with Crippen LogP contribution in [0.1, 0.15) is 11.4 Å². The zero-order chi connectivity index (χ0) is 16.1. The Hall–Kier alpha value is -2.53. The lowest BCUT2D eigenvalue weighted by Crippen LogP contribution is -2.07. The van der Waals surface area contributed by atoms with Crippen LogP contribution in [-0.2, 0) is 6.54 Å². The van der Waals surface area contributed by atoms with E-state index >= 15 is 0 Å². The summed E-state index contributed by atoms with van der Waals surface area (Å²) >= 11 is 1.73. The maximum atomic E-state index is 5.95. The van der Waals surface area contributed by atoms with Gasteiger partial charge in [-0.25, -0.2) is 9.97 Å². The van der Waals surface area contributed by atoms with E-state index in [1.54, 1.807) is 18.0 Å². The molecule has 3 aromatic rings. The van der Waals surface area contributed by atoms with E-state index in [9.17, 15) is 0 Å². The lowest BCUT2D eigenvalue weighted by atomic mass is 10.2. The highest BCUT2D eigenvalue weighted by atomic mass is 32.2. The van der Waals surface area contributed by atoms with E-state index in [-0.39, 0.29) is 0 Å². The van der Waals surface area contributed by atoms with Crippen molar-refractivity contribution >= 4 is 23.3 Å². The normalized spacial score (nSPS) is 10.5. The van der Waals surface area contributed by atoms with E-state index in [1.165, 1.54) is 9.79 Å². The lowest BCUT2D eigenvalue weighted by molar-refractivity contribution is 1.00. The largest absolute Gasteiger partial charge is 0.383 e. The number of nitrogens with two attached hydrogens (primary N) is 1. The summed E-state index contributed by atoms with van der Waals surface area (Å²) in [6.07, 6.45) is 1.78. The summed E-state index contributed by atoms with van der Waals surface area (Å²) < 4.78 is 0. The molecule has 0 radical (unpaired) electrons. The second-order valence-electron chi connectivity index (χ2n) is 5.09. The molecule has 2 aromatic carbocycles. The van der Waals surface area contributed by atoms with E-state index in [2.05, 4.69) is 39.6 Å². The van der Waals surface area contributed by atoms with Crippen molar-refractivity contribution in [2.75, 3.05) is 11.1 Å². The predicted octanol–water partition coefficient (Wildman–Crippen LogP) is 4.13. The van der Waals surface area contributed by atoms with Gasteiger partial charge in [0.2, 0.25) is 0 Å². The van der Waals surface area contributed by atoms with Crippen LogP contribution in [-0.4, -0.2) is 9.97 Å². The van der Waals surface area contributed by atoms with Crippen LogP contribution in [0, 0.1) is 6.92 Å². The number of rotatable bonds is 5. The van der Waals surface area contributed by atoms with Gasteiger partial charge in [-0.05, 0) is 31.2 Å². The van der Waals surface area contributed by atoms with E-state index in [0.29, 0.717) is 18.2 Å². The Labute approximate surface area is 140 Å². The van der Waals surface area contributed by atoms with Gasteiger partial charge >= 0.3 is 0 Å². The summed E-state index contributed by atoms with van der Waals surface area (Å²) in [5.74, 6) is 1.21. The highest BCUT2D eigenvalue weighted by Gasteiger charge is 2.06. The highest BCUT2D eigenvalue weighted by molar-refractivity contribution is 7.99. The molecule has 4 nitrogen and oxygen atoms in total. The molecule has 0 atom stereocenters. The van der Waals surface area contributed by atoms with Crippen molar-refractivity contribution in [2.45, 2.75) is 23.3 Å². The van der Waals surface area contributed by atoms with E-state index in [4.69, 9.17) is 5.73 Å². The third-order valence-corrected chi connectivity index (χ3v) is 4.43. The molecule has 0 bridgehead atoms. The summed E-state index contributed by atoms with van der Waals surface area (Å²) in [6, 6.07) is 18.6. The monoisotopic (exact) mass is 322 g/mol. The van der Waals surface area contributed by atoms with Crippen molar-refractivity contribution in [3.63, 3.8) is 0 Å². The Kier molecular flexibility index (Phi) is 4.78. The van der Waals surface area contributed by atoms with E-state index in [0.717, 1.165) is 11.3 Å². The Balaban J connectivity index is 1.75. The minimum absolute atomic E-state index is 0.526. The molecule has 0 aliphatic rings. The molecule has 0 unspecified atom stereocenters. The molecule has 5 heteroatoms. The number of hydrogen-bond donors (Lipinski definition) is 2. The van der Waals surface area contributed by atoms with Crippen molar-refractivity contribution in [2.24, 2.45) is 0 Å². The van der Waals surface area contributed by atoms with Gasteiger partial charge in [-0.3, -0.25) is 0 Å². The van der Waals surface area contributed by atoms with Gasteiger partial charge in [0, 0.05) is 33.8 Å². The van der Waals surface area contributed by atoms with E-state index < -0.39 is 0 Å². The average molecular weight is 322 g/mol. The number of aromatic nitrogens is 2. The molecule has 116 valence electrons. The third kappa shape index (κ3) is 4.02. The summed E-state index contributed by atoms with van der Waals surface area (Å²) in [5, 5.41) is 3.43. The molecule has 1 heterocycles. The molecule has 1 aromatic heterocycles. The molecule has 0 spiro atoms. The Morgan fingerprint density at radius 3 is 2.57 bits per heavy atom. The number of anilines is 2. The number of para-hydroxylation sites is 1. The van der Waals surface area contributed by atoms with Gasteiger partial charge in [0.1, 0.15) is 11.6 Å².